The molecular weight excluding hydrogens is 250 g/mol. The van der Waals surface area contributed by atoms with Crippen molar-refractivity contribution in [1.82, 2.24) is 4.90 Å². The maximum absolute atomic E-state index is 10.5. The standard InChI is InChI=1S/C17H27NO2/c1-14(17(20)15-8-4-2-5-9-15)12-18-11-7-3-6-10-16(18)13-19/h2,4-5,8-9,14,16-17,19-20H,3,6-7,10-13H2,1H3. The summed E-state index contributed by atoms with van der Waals surface area (Å²) in [5, 5.41) is 20.0. The van der Waals surface area contributed by atoms with E-state index in [9.17, 15) is 10.2 Å². The molecule has 2 rings (SSSR count). The summed E-state index contributed by atoms with van der Waals surface area (Å²) in [5.74, 6) is 0.171. The maximum atomic E-state index is 10.5. The Morgan fingerprint density at radius 1 is 1.20 bits per heavy atom. The third-order valence-corrected chi connectivity index (χ3v) is 4.41. The van der Waals surface area contributed by atoms with Crippen LogP contribution in [-0.4, -0.2) is 40.9 Å². The summed E-state index contributed by atoms with van der Waals surface area (Å²) >= 11 is 0. The molecule has 0 saturated carbocycles. The molecule has 0 aliphatic carbocycles. The highest BCUT2D eigenvalue weighted by Gasteiger charge is 2.25. The number of benzene rings is 1. The van der Waals surface area contributed by atoms with Crippen molar-refractivity contribution in [2.75, 3.05) is 19.7 Å². The zero-order valence-electron chi connectivity index (χ0n) is 12.4. The van der Waals surface area contributed by atoms with Gasteiger partial charge in [-0.25, -0.2) is 0 Å². The van der Waals surface area contributed by atoms with Crippen LogP contribution in [-0.2, 0) is 0 Å². The molecule has 0 amide bonds. The highest BCUT2D eigenvalue weighted by molar-refractivity contribution is 5.17. The largest absolute Gasteiger partial charge is 0.395 e. The SMILES string of the molecule is CC(CN1CCCCCC1CO)C(O)c1ccccc1. The van der Waals surface area contributed by atoms with Gasteiger partial charge in [-0.3, -0.25) is 4.90 Å². The van der Waals surface area contributed by atoms with Crippen molar-refractivity contribution in [3.8, 4) is 0 Å². The summed E-state index contributed by atoms with van der Waals surface area (Å²) in [6.45, 7) is 4.21. The minimum atomic E-state index is -0.432. The fourth-order valence-electron chi connectivity index (χ4n) is 3.13. The van der Waals surface area contributed by atoms with Crippen molar-refractivity contribution in [2.24, 2.45) is 5.92 Å². The number of hydrogen-bond donors (Lipinski definition) is 2. The van der Waals surface area contributed by atoms with Crippen LogP contribution in [0.3, 0.4) is 0 Å². The van der Waals surface area contributed by atoms with E-state index in [1.54, 1.807) is 0 Å². The molecule has 2 N–H and O–H groups in total. The van der Waals surface area contributed by atoms with Crippen molar-refractivity contribution in [2.45, 2.75) is 44.8 Å². The van der Waals surface area contributed by atoms with Gasteiger partial charge >= 0.3 is 0 Å². The summed E-state index contributed by atoms with van der Waals surface area (Å²) in [6, 6.07) is 10.1. The molecule has 112 valence electrons. The number of nitrogens with zero attached hydrogens (tertiary/aromatic N) is 1. The van der Waals surface area contributed by atoms with E-state index >= 15 is 0 Å². The summed E-state index contributed by atoms with van der Waals surface area (Å²) in [5.41, 5.74) is 0.982. The molecule has 1 aliphatic heterocycles. The van der Waals surface area contributed by atoms with Crippen LogP contribution in [0.1, 0.15) is 44.3 Å². The van der Waals surface area contributed by atoms with Crippen molar-refractivity contribution in [1.29, 1.82) is 0 Å². The van der Waals surface area contributed by atoms with Crippen LogP contribution in [0.2, 0.25) is 0 Å². The predicted molar refractivity (Wildman–Crippen MR) is 81.5 cm³/mol. The third-order valence-electron chi connectivity index (χ3n) is 4.41. The Morgan fingerprint density at radius 3 is 2.65 bits per heavy atom. The van der Waals surface area contributed by atoms with Crippen molar-refractivity contribution in [3.63, 3.8) is 0 Å². The van der Waals surface area contributed by atoms with Crippen molar-refractivity contribution >= 4 is 0 Å². The molecule has 3 nitrogen and oxygen atoms in total. The molecule has 1 saturated heterocycles. The van der Waals surface area contributed by atoms with Gasteiger partial charge in [-0.05, 0) is 30.9 Å². The number of likely N-dealkylation sites (tertiary alicyclic amines) is 1. The topological polar surface area (TPSA) is 43.7 Å². The van der Waals surface area contributed by atoms with Gasteiger partial charge in [-0.2, -0.15) is 0 Å². The van der Waals surface area contributed by atoms with Gasteiger partial charge < -0.3 is 10.2 Å². The lowest BCUT2D eigenvalue weighted by atomic mass is 9.96. The van der Waals surface area contributed by atoms with E-state index in [2.05, 4.69) is 11.8 Å². The number of aliphatic hydroxyl groups is 2. The Hall–Kier alpha value is -0.900. The minimum absolute atomic E-state index is 0.171. The maximum Gasteiger partial charge on any atom is 0.0827 e. The zero-order chi connectivity index (χ0) is 14.4. The lowest BCUT2D eigenvalue weighted by Crippen LogP contribution is -2.41. The second-order valence-electron chi connectivity index (χ2n) is 6.01. The molecule has 20 heavy (non-hydrogen) atoms. The third kappa shape index (κ3) is 4.05. The molecule has 3 atom stereocenters. The Bertz CT molecular complexity index is 382. The van der Waals surface area contributed by atoms with E-state index in [0.29, 0.717) is 0 Å². The van der Waals surface area contributed by atoms with Gasteiger partial charge in [-0.1, -0.05) is 50.1 Å². The fourth-order valence-corrected chi connectivity index (χ4v) is 3.13. The Balaban J connectivity index is 1.96. The van der Waals surface area contributed by atoms with Crippen LogP contribution in [0.4, 0.5) is 0 Å². The fraction of sp³-hybridized carbons (Fsp3) is 0.647. The van der Waals surface area contributed by atoms with E-state index < -0.39 is 6.10 Å². The van der Waals surface area contributed by atoms with Crippen LogP contribution in [0.15, 0.2) is 30.3 Å². The second kappa shape index (κ2) is 7.77. The molecule has 1 aliphatic rings. The Morgan fingerprint density at radius 2 is 1.95 bits per heavy atom. The average molecular weight is 277 g/mol. The quantitative estimate of drug-likeness (QED) is 0.869. The monoisotopic (exact) mass is 277 g/mol. The summed E-state index contributed by atoms with van der Waals surface area (Å²) in [7, 11) is 0. The normalized spacial score (nSPS) is 24.1. The van der Waals surface area contributed by atoms with E-state index in [1.807, 2.05) is 30.3 Å². The molecule has 1 fully saturated rings. The molecule has 0 aromatic heterocycles. The van der Waals surface area contributed by atoms with Gasteiger partial charge in [0.05, 0.1) is 12.7 Å². The van der Waals surface area contributed by atoms with E-state index in [0.717, 1.165) is 25.1 Å². The molecule has 1 aromatic rings. The van der Waals surface area contributed by atoms with Crippen LogP contribution in [0, 0.1) is 5.92 Å². The first-order valence-electron chi connectivity index (χ1n) is 7.80. The van der Waals surface area contributed by atoms with Crippen LogP contribution in [0.5, 0.6) is 0 Å². The molecule has 3 heteroatoms. The van der Waals surface area contributed by atoms with Crippen LogP contribution < -0.4 is 0 Å². The van der Waals surface area contributed by atoms with Gasteiger partial charge in [0.15, 0.2) is 0 Å². The van der Waals surface area contributed by atoms with Crippen LogP contribution in [0.25, 0.3) is 0 Å². The minimum Gasteiger partial charge on any atom is -0.395 e. The average Bonchev–Trinajstić information content (AvgIpc) is 2.72. The molecular formula is C17H27NO2. The van der Waals surface area contributed by atoms with E-state index in [1.165, 1.54) is 19.3 Å². The Kier molecular flexibility index (Phi) is 6.02. The molecule has 3 unspecified atom stereocenters. The van der Waals surface area contributed by atoms with Gasteiger partial charge in [0.1, 0.15) is 0 Å². The van der Waals surface area contributed by atoms with Gasteiger partial charge in [0.25, 0.3) is 0 Å². The summed E-state index contributed by atoms with van der Waals surface area (Å²) < 4.78 is 0. The molecule has 1 aromatic carbocycles. The van der Waals surface area contributed by atoms with Gasteiger partial charge in [0, 0.05) is 12.6 Å². The molecule has 0 radical (unpaired) electrons. The van der Waals surface area contributed by atoms with Crippen molar-refractivity contribution in [3.05, 3.63) is 35.9 Å². The highest BCUT2D eigenvalue weighted by atomic mass is 16.3. The summed E-state index contributed by atoms with van der Waals surface area (Å²) in [6.07, 6.45) is 4.30. The van der Waals surface area contributed by atoms with Crippen LogP contribution >= 0.6 is 0 Å². The first-order valence-corrected chi connectivity index (χ1v) is 7.80. The first kappa shape index (κ1) is 15.5. The summed E-state index contributed by atoms with van der Waals surface area (Å²) in [4.78, 5) is 2.36. The van der Waals surface area contributed by atoms with Gasteiger partial charge in [0.2, 0.25) is 0 Å². The predicted octanol–water partition coefficient (Wildman–Crippen LogP) is 2.59. The number of hydrogen-bond acceptors (Lipinski definition) is 3. The molecule has 0 bridgehead atoms. The first-order chi connectivity index (χ1) is 9.72. The second-order valence-corrected chi connectivity index (χ2v) is 6.01. The zero-order valence-corrected chi connectivity index (χ0v) is 12.4. The van der Waals surface area contributed by atoms with Crippen molar-refractivity contribution < 1.29 is 10.2 Å². The van der Waals surface area contributed by atoms with E-state index in [-0.39, 0.29) is 18.6 Å². The lowest BCUT2D eigenvalue weighted by molar-refractivity contribution is 0.0576. The smallest absolute Gasteiger partial charge is 0.0827 e. The Labute approximate surface area is 122 Å². The lowest BCUT2D eigenvalue weighted by Gasteiger charge is -2.32. The van der Waals surface area contributed by atoms with Gasteiger partial charge in [-0.15, -0.1) is 0 Å². The number of aliphatic hydroxyl groups excluding tert-OH is 2. The molecule has 1 heterocycles. The number of rotatable bonds is 5. The van der Waals surface area contributed by atoms with E-state index in [4.69, 9.17) is 0 Å². The highest BCUT2D eigenvalue weighted by Crippen LogP contribution is 2.25. The molecule has 0 spiro atoms.